The lowest BCUT2D eigenvalue weighted by molar-refractivity contribution is -0.145. The first-order valence-corrected chi connectivity index (χ1v) is 13.0. The Morgan fingerprint density at radius 1 is 0.943 bits per heavy atom. The third kappa shape index (κ3) is 5.43. The molecule has 6 heteroatoms. The van der Waals surface area contributed by atoms with Gasteiger partial charge in [0.1, 0.15) is 5.75 Å². The van der Waals surface area contributed by atoms with Crippen molar-refractivity contribution in [3.05, 3.63) is 90.0 Å². The highest BCUT2D eigenvalue weighted by Crippen LogP contribution is 2.34. The molecule has 5 nitrogen and oxygen atoms in total. The number of benzene rings is 3. The minimum atomic E-state index is -0.937. The number of aryl methyl sites for hydroxylation is 1. The summed E-state index contributed by atoms with van der Waals surface area (Å²) in [4.78, 5) is 20.3. The van der Waals surface area contributed by atoms with Crippen LogP contribution in [0.15, 0.2) is 84.0 Å². The standard InChI is InChI=1S/C29H28N2O3S/c32-28(33)25(34-24-17-9-15-20-10-7-8-16-23(20)24)18-19-35-29-30-26(21-11-3-1-4-12-21)27(31-29)22-13-5-2-6-14-22/h1-6,9,11-15,17,25H,7-8,10,16,18-19H2,(H,30,31)(H,32,33). The normalized spacial score (nSPS) is 13.7. The molecule has 5 rings (SSSR count). The first-order valence-electron chi connectivity index (χ1n) is 12.0. The summed E-state index contributed by atoms with van der Waals surface area (Å²) in [5, 5.41) is 10.6. The second-order valence-electron chi connectivity index (χ2n) is 8.68. The van der Waals surface area contributed by atoms with Crippen molar-refractivity contribution >= 4 is 17.7 Å². The Kier molecular flexibility index (Phi) is 7.19. The van der Waals surface area contributed by atoms with Crippen LogP contribution in [0, 0.1) is 0 Å². The molecule has 0 amide bonds. The van der Waals surface area contributed by atoms with Crippen LogP contribution in [-0.2, 0) is 17.6 Å². The summed E-state index contributed by atoms with van der Waals surface area (Å²) in [5.74, 6) is 0.353. The number of aliphatic carboxylic acids is 1. The third-order valence-corrected chi connectivity index (χ3v) is 7.21. The lowest BCUT2D eigenvalue weighted by atomic mass is 9.91. The van der Waals surface area contributed by atoms with Crippen LogP contribution < -0.4 is 4.74 Å². The third-order valence-electron chi connectivity index (χ3n) is 6.31. The van der Waals surface area contributed by atoms with Crippen molar-refractivity contribution in [3.8, 4) is 28.3 Å². The van der Waals surface area contributed by atoms with Gasteiger partial charge in [-0.15, -0.1) is 0 Å². The van der Waals surface area contributed by atoms with E-state index in [0.29, 0.717) is 12.2 Å². The van der Waals surface area contributed by atoms with Crippen molar-refractivity contribution in [2.24, 2.45) is 0 Å². The van der Waals surface area contributed by atoms with Crippen molar-refractivity contribution in [2.45, 2.75) is 43.4 Å². The van der Waals surface area contributed by atoms with Crippen LogP contribution in [0.1, 0.15) is 30.4 Å². The van der Waals surface area contributed by atoms with E-state index in [1.807, 2.05) is 60.7 Å². The highest BCUT2D eigenvalue weighted by molar-refractivity contribution is 7.99. The van der Waals surface area contributed by atoms with Gasteiger partial charge in [-0.2, -0.15) is 0 Å². The van der Waals surface area contributed by atoms with E-state index in [2.05, 4.69) is 23.2 Å². The number of ether oxygens (including phenoxy) is 1. The van der Waals surface area contributed by atoms with Gasteiger partial charge in [0.15, 0.2) is 11.3 Å². The number of nitrogens with zero attached hydrogens (tertiary/aromatic N) is 1. The van der Waals surface area contributed by atoms with Crippen molar-refractivity contribution in [1.82, 2.24) is 9.97 Å². The Balaban J connectivity index is 1.31. The highest BCUT2D eigenvalue weighted by atomic mass is 32.2. The molecule has 0 radical (unpaired) electrons. The maximum absolute atomic E-state index is 12.0. The van der Waals surface area contributed by atoms with Crippen molar-refractivity contribution < 1.29 is 14.6 Å². The minimum absolute atomic E-state index is 0.381. The van der Waals surface area contributed by atoms with Crippen molar-refractivity contribution in [3.63, 3.8) is 0 Å². The van der Waals surface area contributed by atoms with E-state index in [4.69, 9.17) is 9.72 Å². The van der Waals surface area contributed by atoms with Crippen LogP contribution in [0.3, 0.4) is 0 Å². The summed E-state index contributed by atoms with van der Waals surface area (Å²) in [7, 11) is 0. The molecule has 1 aliphatic carbocycles. The number of thioether (sulfide) groups is 1. The number of fused-ring (bicyclic) bond motifs is 1. The van der Waals surface area contributed by atoms with E-state index < -0.39 is 12.1 Å². The molecule has 0 bridgehead atoms. The smallest absolute Gasteiger partial charge is 0.344 e. The molecule has 0 saturated carbocycles. The molecule has 1 aliphatic rings. The molecule has 3 aromatic carbocycles. The van der Waals surface area contributed by atoms with E-state index in [9.17, 15) is 9.90 Å². The molecular formula is C29H28N2O3S. The quantitative estimate of drug-likeness (QED) is 0.261. The summed E-state index contributed by atoms with van der Waals surface area (Å²) in [6, 6.07) is 26.2. The summed E-state index contributed by atoms with van der Waals surface area (Å²) in [5.41, 5.74) is 6.40. The molecule has 1 atom stereocenters. The van der Waals surface area contributed by atoms with E-state index in [-0.39, 0.29) is 0 Å². The number of nitrogens with one attached hydrogen (secondary N) is 1. The van der Waals surface area contributed by atoms with Gasteiger partial charge in [0.25, 0.3) is 0 Å². The Bertz CT molecular complexity index is 1230. The lowest BCUT2D eigenvalue weighted by Gasteiger charge is -2.22. The van der Waals surface area contributed by atoms with Gasteiger partial charge in [-0.25, -0.2) is 9.78 Å². The van der Waals surface area contributed by atoms with E-state index in [1.165, 1.54) is 29.3 Å². The first-order chi connectivity index (χ1) is 17.2. The molecule has 1 heterocycles. The molecule has 1 aromatic heterocycles. The summed E-state index contributed by atoms with van der Waals surface area (Å²) < 4.78 is 6.04. The van der Waals surface area contributed by atoms with Gasteiger partial charge >= 0.3 is 5.97 Å². The van der Waals surface area contributed by atoms with E-state index in [1.54, 1.807) is 0 Å². The van der Waals surface area contributed by atoms with Crippen molar-refractivity contribution in [1.29, 1.82) is 0 Å². The number of aromatic nitrogens is 2. The molecule has 0 spiro atoms. The number of imidazole rings is 1. The SMILES string of the molecule is O=C(O)C(CCSc1nc(-c2ccccc2)c(-c2ccccc2)[nH]1)Oc1cccc2c1CCCC2. The first kappa shape index (κ1) is 23.2. The highest BCUT2D eigenvalue weighted by Gasteiger charge is 2.23. The minimum Gasteiger partial charge on any atom is -0.479 e. The van der Waals surface area contributed by atoms with Crippen LogP contribution >= 0.6 is 11.8 Å². The molecule has 4 aromatic rings. The second-order valence-corrected chi connectivity index (χ2v) is 9.76. The molecule has 0 fully saturated rings. The number of hydrogen-bond donors (Lipinski definition) is 2. The number of carboxylic acid groups (broad SMARTS) is 1. The average Bonchev–Trinajstić information content (AvgIpc) is 3.33. The van der Waals surface area contributed by atoms with Crippen molar-refractivity contribution in [2.75, 3.05) is 5.75 Å². The Labute approximate surface area is 209 Å². The zero-order chi connectivity index (χ0) is 24.0. The van der Waals surface area contributed by atoms with E-state index in [0.717, 1.165) is 52.7 Å². The monoisotopic (exact) mass is 484 g/mol. The van der Waals surface area contributed by atoms with Crippen LogP contribution in [0.4, 0.5) is 0 Å². The summed E-state index contributed by atoms with van der Waals surface area (Å²) >= 11 is 1.52. The largest absolute Gasteiger partial charge is 0.479 e. The Morgan fingerprint density at radius 3 is 2.40 bits per heavy atom. The van der Waals surface area contributed by atoms with Gasteiger partial charge in [-0.3, -0.25) is 0 Å². The van der Waals surface area contributed by atoms with Gasteiger partial charge in [-0.1, -0.05) is 84.6 Å². The van der Waals surface area contributed by atoms with Crippen LogP contribution in [0.25, 0.3) is 22.5 Å². The average molecular weight is 485 g/mol. The van der Waals surface area contributed by atoms with Gasteiger partial charge in [0.2, 0.25) is 0 Å². The fraction of sp³-hybridized carbons (Fsp3) is 0.241. The molecule has 1 unspecified atom stereocenters. The number of carboxylic acids is 1. The predicted molar refractivity (Wildman–Crippen MR) is 140 cm³/mol. The van der Waals surface area contributed by atoms with Crippen LogP contribution in [-0.4, -0.2) is 32.9 Å². The van der Waals surface area contributed by atoms with Gasteiger partial charge < -0.3 is 14.8 Å². The molecule has 178 valence electrons. The lowest BCUT2D eigenvalue weighted by Crippen LogP contribution is -2.28. The number of H-pyrrole nitrogens is 1. The number of aromatic amines is 1. The molecular weight excluding hydrogens is 456 g/mol. The molecule has 2 N–H and O–H groups in total. The summed E-state index contributed by atoms with van der Waals surface area (Å²) in [6.07, 6.45) is 3.76. The van der Waals surface area contributed by atoms with Crippen LogP contribution in [0.2, 0.25) is 0 Å². The second kappa shape index (κ2) is 10.8. The fourth-order valence-electron chi connectivity index (χ4n) is 4.54. The maximum atomic E-state index is 12.0. The predicted octanol–water partition coefficient (Wildman–Crippen LogP) is 6.64. The zero-order valence-corrected chi connectivity index (χ0v) is 20.3. The molecule has 35 heavy (non-hydrogen) atoms. The fourth-order valence-corrected chi connectivity index (χ4v) is 5.40. The van der Waals surface area contributed by atoms with Gasteiger partial charge in [0.05, 0.1) is 11.4 Å². The number of hydrogen-bond acceptors (Lipinski definition) is 4. The number of rotatable bonds is 9. The number of carbonyl (C=O) groups is 1. The maximum Gasteiger partial charge on any atom is 0.344 e. The topological polar surface area (TPSA) is 75.2 Å². The summed E-state index contributed by atoms with van der Waals surface area (Å²) in [6.45, 7) is 0. The molecule has 0 aliphatic heterocycles. The molecule has 0 saturated heterocycles. The van der Waals surface area contributed by atoms with Gasteiger partial charge in [-0.05, 0) is 42.9 Å². The zero-order valence-electron chi connectivity index (χ0n) is 19.4. The van der Waals surface area contributed by atoms with Crippen LogP contribution in [0.5, 0.6) is 5.75 Å². The van der Waals surface area contributed by atoms with E-state index >= 15 is 0 Å². The van der Waals surface area contributed by atoms with Gasteiger partial charge in [0, 0.05) is 23.3 Å². The Morgan fingerprint density at radius 2 is 1.66 bits per heavy atom. The Hall–Kier alpha value is -3.51.